The molecule has 3 rings (SSSR count). The highest BCUT2D eigenvalue weighted by Gasteiger charge is 2.38. The lowest BCUT2D eigenvalue weighted by Crippen LogP contribution is -2.35. The molecule has 0 atom stereocenters. The summed E-state index contributed by atoms with van der Waals surface area (Å²) in [6.45, 7) is 2.22. The fraction of sp³-hybridized carbons (Fsp3) is 0.571. The van der Waals surface area contributed by atoms with Crippen molar-refractivity contribution in [1.29, 1.82) is 5.26 Å². The van der Waals surface area contributed by atoms with Crippen molar-refractivity contribution < 1.29 is 0 Å². The molecule has 1 saturated heterocycles. The molecule has 2 aliphatic rings. The van der Waals surface area contributed by atoms with Gasteiger partial charge in [0.05, 0.1) is 11.9 Å². The average molecular weight is 259 g/mol. The van der Waals surface area contributed by atoms with E-state index in [1.165, 1.54) is 31.4 Å². The molecule has 0 N–H and O–H groups in total. The maximum atomic E-state index is 8.76. The smallest absolute Gasteiger partial charge is 0.140 e. The van der Waals surface area contributed by atoms with Crippen LogP contribution in [0, 0.1) is 11.3 Å². The van der Waals surface area contributed by atoms with E-state index in [0.29, 0.717) is 10.4 Å². The third-order valence-electron chi connectivity index (χ3n) is 4.10. The van der Waals surface area contributed by atoms with Gasteiger partial charge in [-0.1, -0.05) is 6.42 Å². The van der Waals surface area contributed by atoms with E-state index in [2.05, 4.69) is 27.7 Å². The lowest BCUT2D eigenvalue weighted by molar-refractivity contribution is 0.347. The van der Waals surface area contributed by atoms with Gasteiger partial charge < -0.3 is 4.90 Å². The first-order chi connectivity index (χ1) is 8.81. The van der Waals surface area contributed by atoms with Gasteiger partial charge in [-0.2, -0.15) is 17.0 Å². The standard InChI is InChI=1S/C14H17N3S/c15-10-12-2-3-13(11-16-12)17-7-6-14(4-1-5-14)18-9-8-17/h2-3,11H,1,4-9H2. The first-order valence-corrected chi connectivity index (χ1v) is 7.55. The van der Waals surface area contributed by atoms with Gasteiger partial charge in [0.15, 0.2) is 0 Å². The molecule has 4 heteroatoms. The lowest BCUT2D eigenvalue weighted by Gasteiger charge is -2.40. The van der Waals surface area contributed by atoms with E-state index in [1.54, 1.807) is 0 Å². The normalized spacial score (nSPS) is 22.1. The van der Waals surface area contributed by atoms with Crippen molar-refractivity contribution in [3.8, 4) is 6.07 Å². The Balaban J connectivity index is 1.70. The summed E-state index contributed by atoms with van der Waals surface area (Å²) in [5, 5.41) is 8.76. The van der Waals surface area contributed by atoms with Crippen LogP contribution < -0.4 is 4.90 Å². The predicted molar refractivity (Wildman–Crippen MR) is 74.8 cm³/mol. The number of rotatable bonds is 1. The van der Waals surface area contributed by atoms with E-state index in [0.717, 1.165) is 18.8 Å². The van der Waals surface area contributed by atoms with Crippen molar-refractivity contribution >= 4 is 17.4 Å². The van der Waals surface area contributed by atoms with E-state index in [-0.39, 0.29) is 0 Å². The van der Waals surface area contributed by atoms with E-state index < -0.39 is 0 Å². The van der Waals surface area contributed by atoms with Gasteiger partial charge in [-0.05, 0) is 31.4 Å². The Hall–Kier alpha value is -1.21. The molecule has 2 heterocycles. The van der Waals surface area contributed by atoms with Gasteiger partial charge in [-0.3, -0.25) is 0 Å². The van der Waals surface area contributed by atoms with Crippen molar-refractivity contribution in [3.63, 3.8) is 0 Å². The Labute approximate surface area is 112 Å². The van der Waals surface area contributed by atoms with Crippen molar-refractivity contribution in [3.05, 3.63) is 24.0 Å². The number of hydrogen-bond acceptors (Lipinski definition) is 4. The van der Waals surface area contributed by atoms with Crippen LogP contribution in [0.5, 0.6) is 0 Å². The molecule has 0 unspecified atom stereocenters. The van der Waals surface area contributed by atoms with Crippen LogP contribution in [0.4, 0.5) is 5.69 Å². The molecule has 3 nitrogen and oxygen atoms in total. The van der Waals surface area contributed by atoms with Crippen LogP contribution in [0.3, 0.4) is 0 Å². The third kappa shape index (κ3) is 2.20. The molecule has 1 spiro atoms. The van der Waals surface area contributed by atoms with Gasteiger partial charge in [0, 0.05) is 23.6 Å². The largest absolute Gasteiger partial charge is 0.369 e. The maximum Gasteiger partial charge on any atom is 0.140 e. The molecule has 1 aliphatic heterocycles. The molecule has 0 amide bonds. The SMILES string of the molecule is N#Cc1ccc(N2CCSC3(CCC3)CC2)cn1. The highest BCUT2D eigenvalue weighted by molar-refractivity contribution is 8.00. The molecular weight excluding hydrogens is 242 g/mol. The van der Waals surface area contributed by atoms with E-state index in [1.807, 2.05) is 18.3 Å². The van der Waals surface area contributed by atoms with E-state index in [9.17, 15) is 0 Å². The van der Waals surface area contributed by atoms with Gasteiger partial charge in [0.25, 0.3) is 0 Å². The van der Waals surface area contributed by atoms with Gasteiger partial charge in [0.1, 0.15) is 11.8 Å². The molecule has 2 fully saturated rings. The zero-order valence-electron chi connectivity index (χ0n) is 10.4. The Morgan fingerprint density at radius 1 is 1.28 bits per heavy atom. The Kier molecular flexibility index (Phi) is 3.17. The monoisotopic (exact) mass is 259 g/mol. The summed E-state index contributed by atoms with van der Waals surface area (Å²) in [5.41, 5.74) is 1.66. The molecule has 18 heavy (non-hydrogen) atoms. The van der Waals surface area contributed by atoms with Crippen LogP contribution in [0.15, 0.2) is 18.3 Å². The van der Waals surface area contributed by atoms with Crippen molar-refractivity contribution in [2.45, 2.75) is 30.4 Å². The summed E-state index contributed by atoms with van der Waals surface area (Å²) in [4.78, 5) is 6.57. The number of hydrogen-bond donors (Lipinski definition) is 0. The highest BCUT2D eigenvalue weighted by atomic mass is 32.2. The first kappa shape index (κ1) is 11.9. The first-order valence-electron chi connectivity index (χ1n) is 6.56. The summed E-state index contributed by atoms with van der Waals surface area (Å²) < 4.78 is 0.592. The molecule has 94 valence electrons. The minimum Gasteiger partial charge on any atom is -0.369 e. The van der Waals surface area contributed by atoms with Gasteiger partial charge in [-0.25, -0.2) is 4.98 Å². The molecule has 1 aliphatic carbocycles. The maximum absolute atomic E-state index is 8.76. The van der Waals surface area contributed by atoms with Crippen LogP contribution in [-0.2, 0) is 0 Å². The van der Waals surface area contributed by atoms with Crippen molar-refractivity contribution in [1.82, 2.24) is 4.98 Å². The molecule has 0 bridgehead atoms. The number of nitriles is 1. The van der Waals surface area contributed by atoms with Crippen LogP contribution in [0.25, 0.3) is 0 Å². The fourth-order valence-electron chi connectivity index (χ4n) is 2.76. The van der Waals surface area contributed by atoms with Crippen molar-refractivity contribution in [2.24, 2.45) is 0 Å². The lowest BCUT2D eigenvalue weighted by atomic mass is 9.81. The zero-order valence-corrected chi connectivity index (χ0v) is 11.2. The third-order valence-corrected chi connectivity index (χ3v) is 5.71. The van der Waals surface area contributed by atoms with Gasteiger partial charge >= 0.3 is 0 Å². The summed E-state index contributed by atoms with van der Waals surface area (Å²) in [6.07, 6.45) is 7.33. The van der Waals surface area contributed by atoms with Gasteiger partial charge in [-0.15, -0.1) is 0 Å². The number of nitrogens with zero attached hydrogens (tertiary/aromatic N) is 3. The second kappa shape index (κ2) is 4.81. The van der Waals surface area contributed by atoms with Crippen LogP contribution in [-0.4, -0.2) is 28.6 Å². The number of aromatic nitrogens is 1. The fourth-order valence-corrected chi connectivity index (χ4v) is 4.32. The molecule has 0 aromatic carbocycles. The van der Waals surface area contributed by atoms with E-state index in [4.69, 9.17) is 5.26 Å². The van der Waals surface area contributed by atoms with Gasteiger partial charge in [0.2, 0.25) is 0 Å². The summed E-state index contributed by atoms with van der Waals surface area (Å²) in [6, 6.07) is 5.90. The molecule has 1 saturated carbocycles. The Morgan fingerprint density at radius 3 is 2.78 bits per heavy atom. The second-order valence-corrected chi connectivity index (χ2v) is 6.70. The minimum atomic E-state index is 0.499. The highest BCUT2D eigenvalue weighted by Crippen LogP contribution is 2.48. The topological polar surface area (TPSA) is 39.9 Å². The van der Waals surface area contributed by atoms with Crippen molar-refractivity contribution in [2.75, 3.05) is 23.7 Å². The number of thioether (sulfide) groups is 1. The summed E-state index contributed by atoms with van der Waals surface area (Å²) in [5.74, 6) is 1.21. The molecular formula is C14H17N3S. The number of pyridine rings is 1. The van der Waals surface area contributed by atoms with Crippen LogP contribution >= 0.6 is 11.8 Å². The van der Waals surface area contributed by atoms with Crippen LogP contribution in [0.1, 0.15) is 31.4 Å². The summed E-state index contributed by atoms with van der Waals surface area (Å²) >= 11 is 2.16. The predicted octanol–water partition coefficient (Wildman–Crippen LogP) is 2.82. The minimum absolute atomic E-state index is 0.499. The van der Waals surface area contributed by atoms with Crippen LogP contribution in [0.2, 0.25) is 0 Å². The van der Waals surface area contributed by atoms with E-state index >= 15 is 0 Å². The Bertz CT molecular complexity index is 459. The quantitative estimate of drug-likeness (QED) is 0.777. The number of anilines is 1. The summed E-state index contributed by atoms with van der Waals surface area (Å²) in [7, 11) is 0. The Morgan fingerprint density at radius 2 is 2.17 bits per heavy atom. The average Bonchev–Trinajstić information content (AvgIpc) is 2.61. The molecule has 1 aromatic heterocycles. The second-order valence-electron chi connectivity index (χ2n) is 5.14. The molecule has 0 radical (unpaired) electrons. The zero-order chi connectivity index (χ0) is 12.4. The molecule has 1 aromatic rings.